The average molecular weight is 300 g/mol. The number of rotatable bonds is 3. The highest BCUT2D eigenvalue weighted by Gasteiger charge is 2.12. The minimum atomic E-state index is 0. The van der Waals surface area contributed by atoms with Crippen LogP contribution in [-0.4, -0.2) is 4.98 Å². The van der Waals surface area contributed by atoms with Crippen LogP contribution in [0, 0.1) is 6.92 Å². The van der Waals surface area contributed by atoms with Gasteiger partial charge in [0.1, 0.15) is 0 Å². The SMILES string of the molecule is Cc1nc(-c2ccccc2)c(Sc2ccccc2)s1.N. The summed E-state index contributed by atoms with van der Waals surface area (Å²) in [6.45, 7) is 2.06. The van der Waals surface area contributed by atoms with Crippen molar-refractivity contribution >= 4 is 23.1 Å². The molecule has 1 heterocycles. The maximum Gasteiger partial charge on any atom is 0.0955 e. The van der Waals surface area contributed by atoms with Crippen LogP contribution >= 0.6 is 23.1 Å². The third-order valence-electron chi connectivity index (χ3n) is 2.70. The first-order chi connectivity index (χ1) is 9.33. The Kier molecular flexibility index (Phi) is 4.95. The Hall–Kier alpha value is -1.62. The number of nitrogens with zero attached hydrogens (tertiary/aromatic N) is 1. The van der Waals surface area contributed by atoms with Gasteiger partial charge in [0.15, 0.2) is 0 Å². The average Bonchev–Trinajstić information content (AvgIpc) is 2.82. The van der Waals surface area contributed by atoms with E-state index in [2.05, 4.69) is 60.4 Å². The lowest BCUT2D eigenvalue weighted by Gasteiger charge is -2.02. The van der Waals surface area contributed by atoms with Crippen LogP contribution in [0.3, 0.4) is 0 Å². The normalized spacial score (nSPS) is 10.1. The lowest BCUT2D eigenvalue weighted by atomic mass is 10.2. The number of aryl methyl sites for hydroxylation is 1. The Morgan fingerprint density at radius 2 is 1.50 bits per heavy atom. The Balaban J connectivity index is 0.00000147. The van der Waals surface area contributed by atoms with Crippen LogP contribution in [-0.2, 0) is 0 Å². The van der Waals surface area contributed by atoms with Crippen molar-refractivity contribution in [2.75, 3.05) is 0 Å². The van der Waals surface area contributed by atoms with E-state index in [-0.39, 0.29) is 6.15 Å². The van der Waals surface area contributed by atoms with Crippen molar-refractivity contribution < 1.29 is 0 Å². The molecule has 0 aliphatic rings. The topological polar surface area (TPSA) is 47.9 Å². The molecule has 3 N–H and O–H groups in total. The van der Waals surface area contributed by atoms with Gasteiger partial charge in [0.05, 0.1) is 14.9 Å². The smallest absolute Gasteiger partial charge is 0.0955 e. The molecule has 0 amide bonds. The second-order valence-corrected chi connectivity index (χ2v) is 6.70. The van der Waals surface area contributed by atoms with Gasteiger partial charge in [0.2, 0.25) is 0 Å². The Labute approximate surface area is 127 Å². The zero-order chi connectivity index (χ0) is 13.1. The maximum absolute atomic E-state index is 4.67. The maximum atomic E-state index is 4.67. The van der Waals surface area contributed by atoms with Crippen molar-refractivity contribution in [3.05, 3.63) is 65.7 Å². The minimum absolute atomic E-state index is 0. The molecule has 1 aromatic heterocycles. The first-order valence-corrected chi connectivity index (χ1v) is 7.72. The van der Waals surface area contributed by atoms with Crippen molar-refractivity contribution in [1.82, 2.24) is 11.1 Å². The standard InChI is InChI=1S/C16H13NS2.H3N/c1-12-17-15(13-8-4-2-5-9-13)16(18-12)19-14-10-6-3-7-11-14;/h2-11H,1H3;1H3. The van der Waals surface area contributed by atoms with Crippen LogP contribution < -0.4 is 6.15 Å². The summed E-state index contributed by atoms with van der Waals surface area (Å²) in [4.78, 5) is 5.93. The van der Waals surface area contributed by atoms with Gasteiger partial charge in [-0.3, -0.25) is 0 Å². The lowest BCUT2D eigenvalue weighted by Crippen LogP contribution is -1.79. The van der Waals surface area contributed by atoms with Gasteiger partial charge in [-0.2, -0.15) is 0 Å². The van der Waals surface area contributed by atoms with Gasteiger partial charge in [-0.05, 0) is 19.1 Å². The Morgan fingerprint density at radius 3 is 2.15 bits per heavy atom. The molecule has 0 bridgehead atoms. The summed E-state index contributed by atoms with van der Waals surface area (Å²) in [6, 6.07) is 20.8. The predicted molar refractivity (Wildman–Crippen MR) is 87.9 cm³/mol. The first-order valence-electron chi connectivity index (χ1n) is 6.09. The van der Waals surface area contributed by atoms with E-state index in [0.717, 1.165) is 10.7 Å². The molecule has 0 aliphatic heterocycles. The zero-order valence-electron chi connectivity index (χ0n) is 11.2. The van der Waals surface area contributed by atoms with Crippen molar-refractivity contribution in [3.8, 4) is 11.3 Å². The molecule has 0 atom stereocenters. The molecule has 2 nitrogen and oxygen atoms in total. The molecule has 0 unspecified atom stereocenters. The molecule has 20 heavy (non-hydrogen) atoms. The van der Waals surface area contributed by atoms with Gasteiger partial charge in [-0.25, -0.2) is 4.98 Å². The summed E-state index contributed by atoms with van der Waals surface area (Å²) in [5.74, 6) is 0. The monoisotopic (exact) mass is 300 g/mol. The van der Waals surface area contributed by atoms with E-state index in [9.17, 15) is 0 Å². The van der Waals surface area contributed by atoms with E-state index in [0.29, 0.717) is 0 Å². The van der Waals surface area contributed by atoms with Crippen LogP contribution in [0.1, 0.15) is 5.01 Å². The molecule has 0 aliphatic carbocycles. The van der Waals surface area contributed by atoms with Gasteiger partial charge in [-0.15, -0.1) is 11.3 Å². The number of aromatic nitrogens is 1. The number of hydrogen-bond acceptors (Lipinski definition) is 4. The highest BCUT2D eigenvalue weighted by Crippen LogP contribution is 2.39. The highest BCUT2D eigenvalue weighted by molar-refractivity contribution is 8.01. The van der Waals surface area contributed by atoms with E-state index in [1.165, 1.54) is 14.7 Å². The molecule has 2 aromatic carbocycles. The van der Waals surface area contributed by atoms with Crippen LogP contribution in [0.5, 0.6) is 0 Å². The molecule has 4 heteroatoms. The molecule has 3 aromatic rings. The summed E-state index contributed by atoms with van der Waals surface area (Å²) in [7, 11) is 0. The van der Waals surface area contributed by atoms with Gasteiger partial charge in [-0.1, -0.05) is 60.3 Å². The van der Waals surface area contributed by atoms with Crippen LogP contribution in [0.15, 0.2) is 69.8 Å². The first kappa shape index (κ1) is 14.8. The lowest BCUT2D eigenvalue weighted by molar-refractivity contribution is 1.28. The molecular weight excluding hydrogens is 284 g/mol. The summed E-state index contributed by atoms with van der Waals surface area (Å²) in [6.07, 6.45) is 0. The van der Waals surface area contributed by atoms with Crippen molar-refractivity contribution in [2.24, 2.45) is 0 Å². The highest BCUT2D eigenvalue weighted by atomic mass is 32.2. The van der Waals surface area contributed by atoms with Crippen molar-refractivity contribution in [1.29, 1.82) is 0 Å². The number of benzene rings is 2. The summed E-state index contributed by atoms with van der Waals surface area (Å²) < 4.78 is 1.26. The second-order valence-electron chi connectivity index (χ2n) is 4.15. The fourth-order valence-corrected chi connectivity index (χ4v) is 4.10. The van der Waals surface area contributed by atoms with Crippen LogP contribution in [0.4, 0.5) is 0 Å². The van der Waals surface area contributed by atoms with E-state index >= 15 is 0 Å². The number of hydrogen-bond donors (Lipinski definition) is 1. The summed E-state index contributed by atoms with van der Waals surface area (Å²) in [5, 5.41) is 1.11. The second kappa shape index (κ2) is 6.70. The largest absolute Gasteiger partial charge is 0.344 e. The zero-order valence-corrected chi connectivity index (χ0v) is 12.9. The van der Waals surface area contributed by atoms with Crippen LogP contribution in [0.2, 0.25) is 0 Å². The third-order valence-corrected chi connectivity index (χ3v) is 4.86. The third kappa shape index (κ3) is 3.28. The summed E-state index contributed by atoms with van der Waals surface area (Å²) in [5.41, 5.74) is 2.28. The van der Waals surface area contributed by atoms with Gasteiger partial charge < -0.3 is 6.15 Å². The molecule has 0 spiro atoms. The van der Waals surface area contributed by atoms with Crippen LogP contribution in [0.25, 0.3) is 11.3 Å². The van der Waals surface area contributed by atoms with E-state index in [1.807, 2.05) is 12.1 Å². The minimum Gasteiger partial charge on any atom is -0.344 e. The molecule has 0 saturated carbocycles. The molecule has 102 valence electrons. The molecule has 0 fully saturated rings. The molecular formula is C16H16N2S2. The van der Waals surface area contributed by atoms with Crippen molar-refractivity contribution in [3.63, 3.8) is 0 Å². The quantitative estimate of drug-likeness (QED) is 0.701. The molecule has 0 saturated heterocycles. The summed E-state index contributed by atoms with van der Waals surface area (Å²) >= 11 is 3.54. The number of thiazole rings is 1. The molecule has 3 rings (SSSR count). The Bertz CT molecular complexity index is 663. The Morgan fingerprint density at radius 1 is 0.900 bits per heavy atom. The van der Waals surface area contributed by atoms with E-state index in [1.54, 1.807) is 23.1 Å². The van der Waals surface area contributed by atoms with Gasteiger partial charge in [0.25, 0.3) is 0 Å². The van der Waals surface area contributed by atoms with Crippen molar-refractivity contribution in [2.45, 2.75) is 16.0 Å². The fourth-order valence-electron chi connectivity index (χ4n) is 1.85. The van der Waals surface area contributed by atoms with Gasteiger partial charge >= 0.3 is 0 Å². The van der Waals surface area contributed by atoms with E-state index in [4.69, 9.17) is 0 Å². The van der Waals surface area contributed by atoms with E-state index < -0.39 is 0 Å². The van der Waals surface area contributed by atoms with Gasteiger partial charge in [0, 0.05) is 10.5 Å². The predicted octanol–water partition coefficient (Wildman–Crippen LogP) is 5.43. The fraction of sp³-hybridized carbons (Fsp3) is 0.0625. The molecule has 0 radical (unpaired) electrons.